The van der Waals surface area contributed by atoms with E-state index in [-0.39, 0.29) is 19.0 Å². The van der Waals surface area contributed by atoms with Crippen LogP contribution in [-0.2, 0) is 9.53 Å². The minimum atomic E-state index is -0.571. The summed E-state index contributed by atoms with van der Waals surface area (Å²) >= 11 is 1.28. The van der Waals surface area contributed by atoms with Gasteiger partial charge in [-0.3, -0.25) is 9.69 Å². The van der Waals surface area contributed by atoms with Gasteiger partial charge in [0.1, 0.15) is 16.9 Å². The van der Waals surface area contributed by atoms with Crippen LogP contribution >= 0.6 is 11.3 Å². The van der Waals surface area contributed by atoms with Gasteiger partial charge in [-0.2, -0.15) is 0 Å². The van der Waals surface area contributed by atoms with Gasteiger partial charge in [-0.25, -0.2) is 9.18 Å². The lowest BCUT2D eigenvalue weighted by Gasteiger charge is -2.14. The number of carbonyl (C=O) groups excluding carboxylic acids is 2. The normalized spacial score (nSPS) is 17.0. The van der Waals surface area contributed by atoms with Crippen LogP contribution in [0.25, 0.3) is 16.6 Å². The fourth-order valence-electron chi connectivity index (χ4n) is 2.49. The van der Waals surface area contributed by atoms with Gasteiger partial charge in [-0.1, -0.05) is 17.4 Å². The molecule has 0 bridgehead atoms. The van der Waals surface area contributed by atoms with Crippen molar-refractivity contribution in [2.45, 2.75) is 20.0 Å². The van der Waals surface area contributed by atoms with Gasteiger partial charge in [-0.15, -0.1) is 10.2 Å². The maximum Gasteiger partial charge on any atom is 0.414 e. The van der Waals surface area contributed by atoms with Gasteiger partial charge >= 0.3 is 6.09 Å². The number of aromatic nitrogens is 2. The highest BCUT2D eigenvalue weighted by Gasteiger charge is 2.32. The van der Waals surface area contributed by atoms with Crippen molar-refractivity contribution >= 4 is 35.1 Å². The van der Waals surface area contributed by atoms with Crippen LogP contribution in [0.5, 0.6) is 0 Å². The third kappa shape index (κ3) is 3.88. The number of ether oxygens (including phenoxy) is 1. The van der Waals surface area contributed by atoms with Crippen molar-refractivity contribution in [3.63, 3.8) is 0 Å². The Bertz CT molecular complexity index is 867. The molecule has 0 unspecified atom stereocenters. The second kappa shape index (κ2) is 7.61. The van der Waals surface area contributed by atoms with Crippen molar-refractivity contribution in [1.29, 1.82) is 0 Å². The second-order valence-corrected chi connectivity index (χ2v) is 6.67. The molecule has 7 nitrogen and oxygen atoms in total. The number of hydrogen-bond donors (Lipinski definition) is 1. The lowest BCUT2D eigenvalue weighted by Crippen LogP contribution is -2.33. The molecule has 1 aromatic carbocycles. The summed E-state index contributed by atoms with van der Waals surface area (Å²) in [5.74, 6) is -0.701. The van der Waals surface area contributed by atoms with E-state index in [9.17, 15) is 14.0 Å². The molecule has 136 valence electrons. The van der Waals surface area contributed by atoms with E-state index < -0.39 is 18.0 Å². The highest BCUT2D eigenvalue weighted by Crippen LogP contribution is 2.31. The Kier molecular flexibility index (Phi) is 5.27. The van der Waals surface area contributed by atoms with E-state index in [1.165, 1.54) is 29.2 Å². The number of carbonyl (C=O) groups is 2. The van der Waals surface area contributed by atoms with Crippen LogP contribution in [0.2, 0.25) is 0 Å². The highest BCUT2D eigenvalue weighted by atomic mass is 32.1. The summed E-state index contributed by atoms with van der Waals surface area (Å²) in [5, 5.41) is 11.7. The third-order valence-corrected chi connectivity index (χ3v) is 4.62. The zero-order chi connectivity index (χ0) is 18.7. The van der Waals surface area contributed by atoms with Crippen molar-refractivity contribution in [2.75, 3.05) is 18.0 Å². The monoisotopic (exact) mass is 376 g/mol. The first-order chi connectivity index (χ1) is 12.5. The average Bonchev–Trinajstić information content (AvgIpc) is 3.20. The molecule has 2 amide bonds. The van der Waals surface area contributed by atoms with Crippen LogP contribution in [0.4, 0.5) is 14.9 Å². The molecule has 0 saturated carbocycles. The molecule has 9 heteroatoms. The van der Waals surface area contributed by atoms with Crippen molar-refractivity contribution < 1.29 is 18.7 Å². The molecule has 1 fully saturated rings. The van der Waals surface area contributed by atoms with Crippen LogP contribution in [0.3, 0.4) is 0 Å². The number of cyclic esters (lactones) is 1. The van der Waals surface area contributed by atoms with E-state index in [1.807, 2.05) is 13.0 Å². The molecule has 2 aromatic rings. The van der Waals surface area contributed by atoms with E-state index in [0.29, 0.717) is 21.3 Å². The van der Waals surface area contributed by atoms with Gasteiger partial charge in [0.25, 0.3) is 0 Å². The quantitative estimate of drug-likeness (QED) is 0.867. The Balaban J connectivity index is 1.76. The minimum Gasteiger partial charge on any atom is -0.442 e. The maximum absolute atomic E-state index is 14.5. The zero-order valence-electron chi connectivity index (χ0n) is 14.2. The summed E-state index contributed by atoms with van der Waals surface area (Å²) < 4.78 is 19.7. The van der Waals surface area contributed by atoms with Crippen LogP contribution in [0, 0.1) is 5.82 Å². The molecule has 1 atom stereocenters. The van der Waals surface area contributed by atoms with Gasteiger partial charge in [0.2, 0.25) is 5.91 Å². The molecule has 1 aliphatic rings. The summed E-state index contributed by atoms with van der Waals surface area (Å²) in [4.78, 5) is 24.3. The van der Waals surface area contributed by atoms with Gasteiger partial charge in [0, 0.05) is 12.5 Å². The summed E-state index contributed by atoms with van der Waals surface area (Å²) in [6, 6.07) is 4.48. The van der Waals surface area contributed by atoms with Gasteiger partial charge in [-0.05, 0) is 31.2 Å². The van der Waals surface area contributed by atoms with E-state index >= 15 is 0 Å². The number of nitrogens with zero attached hydrogens (tertiary/aromatic N) is 3. The topological polar surface area (TPSA) is 84.4 Å². The van der Waals surface area contributed by atoms with Crippen molar-refractivity contribution in [3.8, 4) is 10.6 Å². The molecule has 0 radical (unpaired) electrons. The number of rotatable bonds is 5. The second-order valence-electron chi connectivity index (χ2n) is 5.66. The fourth-order valence-corrected chi connectivity index (χ4v) is 3.34. The van der Waals surface area contributed by atoms with Crippen molar-refractivity contribution in [1.82, 2.24) is 15.5 Å². The van der Waals surface area contributed by atoms with Gasteiger partial charge < -0.3 is 10.1 Å². The smallest absolute Gasteiger partial charge is 0.414 e. The Labute approximate surface area is 153 Å². The van der Waals surface area contributed by atoms with E-state index in [1.54, 1.807) is 18.2 Å². The van der Waals surface area contributed by atoms with Crippen molar-refractivity contribution in [2.24, 2.45) is 0 Å². The van der Waals surface area contributed by atoms with E-state index in [4.69, 9.17) is 4.74 Å². The number of amides is 2. The van der Waals surface area contributed by atoms with E-state index in [2.05, 4.69) is 15.5 Å². The lowest BCUT2D eigenvalue weighted by atomic mass is 10.2. The summed E-state index contributed by atoms with van der Waals surface area (Å²) in [5.41, 5.74) is 0.712. The molecule has 1 aromatic heterocycles. The predicted octanol–water partition coefficient (Wildman–Crippen LogP) is 2.84. The van der Waals surface area contributed by atoms with E-state index in [0.717, 1.165) is 0 Å². The SMILES string of the molecule is C/C=C\c1nnc(-c2ccc(N3C[C@H](CNC(C)=O)OC3=O)cc2F)s1. The molecule has 0 aliphatic carbocycles. The van der Waals surface area contributed by atoms with Gasteiger partial charge in [0.05, 0.1) is 18.8 Å². The van der Waals surface area contributed by atoms with Crippen LogP contribution in [-0.4, -0.2) is 41.4 Å². The predicted molar refractivity (Wildman–Crippen MR) is 96.3 cm³/mol. The first-order valence-electron chi connectivity index (χ1n) is 7.96. The van der Waals surface area contributed by atoms with Gasteiger partial charge in [0.15, 0.2) is 5.01 Å². The largest absolute Gasteiger partial charge is 0.442 e. The lowest BCUT2D eigenvalue weighted by molar-refractivity contribution is -0.119. The first-order valence-corrected chi connectivity index (χ1v) is 8.78. The molecule has 2 heterocycles. The maximum atomic E-state index is 14.5. The number of benzene rings is 1. The Hall–Kier alpha value is -2.81. The molecule has 1 aliphatic heterocycles. The fraction of sp³-hybridized carbons (Fsp3) is 0.294. The molecular weight excluding hydrogens is 359 g/mol. The molecule has 0 spiro atoms. The molecular formula is C17H17FN4O3S. The number of allylic oxidation sites excluding steroid dienone is 1. The summed E-state index contributed by atoms with van der Waals surface area (Å²) in [7, 11) is 0. The molecule has 3 rings (SSSR count). The molecule has 1 N–H and O–H groups in total. The van der Waals surface area contributed by atoms with Crippen LogP contribution < -0.4 is 10.2 Å². The molecule has 1 saturated heterocycles. The summed E-state index contributed by atoms with van der Waals surface area (Å²) in [6.45, 7) is 3.71. The number of hydrogen-bond acceptors (Lipinski definition) is 6. The van der Waals surface area contributed by atoms with Crippen LogP contribution in [0.1, 0.15) is 18.9 Å². The standard InChI is InChI=1S/C17H17FN4O3S/c1-3-4-15-20-21-16(26-15)13-6-5-11(7-14(13)18)22-9-12(25-17(22)24)8-19-10(2)23/h3-7,12H,8-9H2,1-2H3,(H,19,23)/b4-3-/t12-/m0/s1. The minimum absolute atomic E-state index is 0.204. The Morgan fingerprint density at radius 2 is 2.31 bits per heavy atom. The van der Waals surface area contributed by atoms with Crippen molar-refractivity contribution in [3.05, 3.63) is 35.1 Å². The van der Waals surface area contributed by atoms with Crippen LogP contribution in [0.15, 0.2) is 24.3 Å². The number of anilines is 1. The molecule has 26 heavy (non-hydrogen) atoms. The highest BCUT2D eigenvalue weighted by molar-refractivity contribution is 7.15. The number of halogens is 1. The summed E-state index contributed by atoms with van der Waals surface area (Å²) in [6.07, 6.45) is 2.59. The first kappa shape index (κ1) is 18.0. The zero-order valence-corrected chi connectivity index (χ0v) is 15.0. The Morgan fingerprint density at radius 3 is 3.00 bits per heavy atom. The number of nitrogens with one attached hydrogen (secondary N) is 1. The Morgan fingerprint density at radius 1 is 1.50 bits per heavy atom. The average molecular weight is 376 g/mol. The third-order valence-electron chi connectivity index (χ3n) is 3.70.